The minimum atomic E-state index is -0.539. The molecule has 1 aromatic heterocycles. The zero-order valence-corrected chi connectivity index (χ0v) is 16.4. The normalized spacial score (nSPS) is 15.8. The lowest BCUT2D eigenvalue weighted by molar-refractivity contribution is 0.0408. The summed E-state index contributed by atoms with van der Waals surface area (Å²) < 4.78 is 18.1. The highest BCUT2D eigenvalue weighted by Gasteiger charge is 2.22. The third kappa shape index (κ3) is 3.99. The summed E-state index contributed by atoms with van der Waals surface area (Å²) in [5, 5.41) is 7.45. The van der Waals surface area contributed by atoms with E-state index in [1.807, 2.05) is 11.5 Å². The van der Waals surface area contributed by atoms with E-state index in [1.165, 1.54) is 19.3 Å². The van der Waals surface area contributed by atoms with Gasteiger partial charge in [-0.3, -0.25) is 4.79 Å². The summed E-state index contributed by atoms with van der Waals surface area (Å²) >= 11 is 0. The van der Waals surface area contributed by atoms with E-state index in [0.29, 0.717) is 36.0 Å². The first-order chi connectivity index (χ1) is 13.7. The highest BCUT2D eigenvalue weighted by atomic mass is 16.7. The number of aliphatic hydroxyl groups excluding tert-OH is 1. The number of rotatable bonds is 4. The Bertz CT molecular complexity index is 898. The molecule has 1 aromatic carbocycles. The van der Waals surface area contributed by atoms with Crippen molar-refractivity contribution in [2.45, 2.75) is 45.6 Å². The van der Waals surface area contributed by atoms with Gasteiger partial charge in [-0.1, -0.05) is 19.3 Å². The van der Waals surface area contributed by atoms with Crippen molar-refractivity contribution in [3.05, 3.63) is 34.1 Å². The van der Waals surface area contributed by atoms with E-state index in [4.69, 9.17) is 19.3 Å². The molecule has 4 rings (SSSR count). The third-order valence-electron chi connectivity index (χ3n) is 5.31. The van der Waals surface area contributed by atoms with Crippen LogP contribution in [0.25, 0.3) is 10.9 Å². The molecule has 1 N–H and O–H groups in total. The molecule has 0 unspecified atom stereocenters. The van der Waals surface area contributed by atoms with Gasteiger partial charge in [-0.15, -0.1) is 0 Å². The number of esters is 1. The monoisotopic (exact) mass is 389 g/mol. The van der Waals surface area contributed by atoms with Gasteiger partial charge < -0.3 is 23.9 Å². The first-order valence-corrected chi connectivity index (χ1v) is 9.76. The van der Waals surface area contributed by atoms with Gasteiger partial charge in [0.2, 0.25) is 12.2 Å². The number of hydrogen-bond donors (Lipinski definition) is 1. The second-order valence-corrected chi connectivity index (χ2v) is 6.98. The SMILES string of the molecule is CCn1cc(C(=O)OCC2CCCCC2)c(=O)c2cc3c(cc21)OCO3.CO. The number of fused-ring (bicyclic) bond motifs is 2. The van der Waals surface area contributed by atoms with Crippen LogP contribution < -0.4 is 14.9 Å². The number of aliphatic hydroxyl groups is 1. The summed E-state index contributed by atoms with van der Waals surface area (Å²) in [5.41, 5.74) is 0.483. The topological polar surface area (TPSA) is 87.0 Å². The number of hydrogen-bond acceptors (Lipinski definition) is 6. The van der Waals surface area contributed by atoms with Gasteiger partial charge in [-0.25, -0.2) is 4.79 Å². The molecule has 2 heterocycles. The third-order valence-corrected chi connectivity index (χ3v) is 5.31. The van der Waals surface area contributed by atoms with Crippen molar-refractivity contribution in [3.8, 4) is 11.5 Å². The smallest absolute Gasteiger partial charge is 0.343 e. The molecule has 7 heteroatoms. The lowest BCUT2D eigenvalue weighted by atomic mass is 9.90. The average molecular weight is 389 g/mol. The van der Waals surface area contributed by atoms with Crippen LogP contribution in [0.4, 0.5) is 0 Å². The summed E-state index contributed by atoms with van der Waals surface area (Å²) in [7, 11) is 1.00. The van der Waals surface area contributed by atoms with Crippen LogP contribution in [0.2, 0.25) is 0 Å². The van der Waals surface area contributed by atoms with Gasteiger partial charge in [-0.2, -0.15) is 0 Å². The Hall–Kier alpha value is -2.54. The standard InChI is InChI=1S/C20H23NO5.CH4O/c1-2-21-10-15(20(23)24-11-13-6-4-3-5-7-13)19(22)14-8-17-18(9-16(14)21)26-12-25-17;1-2/h8-10,13H,2-7,11-12H2,1H3;2H,1H3. The van der Waals surface area contributed by atoms with Crippen molar-refractivity contribution in [2.24, 2.45) is 5.92 Å². The van der Waals surface area contributed by atoms with Crippen molar-refractivity contribution < 1.29 is 24.1 Å². The number of pyridine rings is 1. The second kappa shape index (κ2) is 9.10. The highest BCUT2D eigenvalue weighted by molar-refractivity contribution is 5.94. The molecular weight excluding hydrogens is 362 g/mol. The summed E-state index contributed by atoms with van der Waals surface area (Å²) in [5.74, 6) is 1.02. The predicted molar refractivity (Wildman–Crippen MR) is 105 cm³/mol. The fraction of sp³-hybridized carbons (Fsp3) is 0.524. The first-order valence-electron chi connectivity index (χ1n) is 9.76. The molecule has 2 aromatic rings. The van der Waals surface area contributed by atoms with Gasteiger partial charge in [0.05, 0.1) is 17.5 Å². The van der Waals surface area contributed by atoms with Gasteiger partial charge in [0.15, 0.2) is 11.5 Å². The molecule has 0 atom stereocenters. The van der Waals surface area contributed by atoms with Gasteiger partial charge >= 0.3 is 5.97 Å². The van der Waals surface area contributed by atoms with Crippen molar-refractivity contribution in [1.82, 2.24) is 4.57 Å². The average Bonchev–Trinajstić information content (AvgIpc) is 3.21. The molecule has 1 fully saturated rings. The molecule has 7 nitrogen and oxygen atoms in total. The predicted octanol–water partition coefficient (Wildman–Crippen LogP) is 3.10. The maximum Gasteiger partial charge on any atom is 0.343 e. The molecule has 2 aliphatic rings. The number of benzene rings is 1. The van der Waals surface area contributed by atoms with Crippen LogP contribution in [0.5, 0.6) is 11.5 Å². The Balaban J connectivity index is 0.00000109. The van der Waals surface area contributed by atoms with Crippen LogP contribution >= 0.6 is 0 Å². The fourth-order valence-corrected chi connectivity index (χ4v) is 3.81. The molecule has 1 saturated carbocycles. The van der Waals surface area contributed by atoms with Crippen LogP contribution in [-0.4, -0.2) is 36.2 Å². The van der Waals surface area contributed by atoms with E-state index in [1.54, 1.807) is 18.3 Å². The van der Waals surface area contributed by atoms with Crippen LogP contribution in [0, 0.1) is 5.92 Å². The Labute approximate surface area is 163 Å². The molecule has 28 heavy (non-hydrogen) atoms. The molecular formula is C21H27NO6. The first kappa shape index (κ1) is 20.2. The number of carbonyl (C=O) groups excluding carboxylic acids is 1. The summed E-state index contributed by atoms with van der Waals surface area (Å²) in [6, 6.07) is 3.45. The summed E-state index contributed by atoms with van der Waals surface area (Å²) in [4.78, 5) is 25.4. The molecule has 0 amide bonds. The van der Waals surface area contributed by atoms with Gasteiger partial charge in [0.25, 0.3) is 0 Å². The zero-order chi connectivity index (χ0) is 20.1. The molecule has 0 saturated heterocycles. The number of ether oxygens (including phenoxy) is 3. The van der Waals surface area contributed by atoms with Crippen molar-refractivity contribution in [2.75, 3.05) is 20.5 Å². The number of carbonyl (C=O) groups is 1. The van der Waals surface area contributed by atoms with Crippen LogP contribution in [-0.2, 0) is 11.3 Å². The van der Waals surface area contributed by atoms with Gasteiger partial charge in [0.1, 0.15) is 5.56 Å². The van der Waals surface area contributed by atoms with Gasteiger partial charge in [0, 0.05) is 25.9 Å². The quantitative estimate of drug-likeness (QED) is 0.809. The minimum Gasteiger partial charge on any atom is -0.462 e. The summed E-state index contributed by atoms with van der Waals surface area (Å²) in [6.07, 6.45) is 7.41. The molecule has 0 spiro atoms. The summed E-state index contributed by atoms with van der Waals surface area (Å²) in [6.45, 7) is 3.12. The van der Waals surface area contributed by atoms with E-state index in [0.717, 1.165) is 25.5 Å². The van der Waals surface area contributed by atoms with Crippen molar-refractivity contribution in [3.63, 3.8) is 0 Å². The van der Waals surface area contributed by atoms with Crippen LogP contribution in [0.3, 0.4) is 0 Å². The number of nitrogens with zero attached hydrogens (tertiary/aromatic N) is 1. The lowest BCUT2D eigenvalue weighted by Gasteiger charge is -2.21. The van der Waals surface area contributed by atoms with E-state index in [2.05, 4.69) is 0 Å². The molecule has 152 valence electrons. The molecule has 0 bridgehead atoms. The number of aromatic nitrogens is 1. The Morgan fingerprint density at radius 1 is 1.18 bits per heavy atom. The maximum absolute atomic E-state index is 12.9. The lowest BCUT2D eigenvalue weighted by Crippen LogP contribution is -2.23. The number of aryl methyl sites for hydroxylation is 1. The molecule has 1 aliphatic carbocycles. The largest absolute Gasteiger partial charge is 0.462 e. The van der Waals surface area contributed by atoms with E-state index < -0.39 is 5.97 Å². The Morgan fingerprint density at radius 3 is 2.54 bits per heavy atom. The maximum atomic E-state index is 12.9. The second-order valence-electron chi connectivity index (χ2n) is 6.98. The molecule has 1 aliphatic heterocycles. The van der Waals surface area contributed by atoms with E-state index >= 15 is 0 Å². The van der Waals surface area contributed by atoms with Crippen LogP contribution in [0.15, 0.2) is 23.1 Å². The van der Waals surface area contributed by atoms with E-state index in [-0.39, 0.29) is 17.8 Å². The van der Waals surface area contributed by atoms with E-state index in [9.17, 15) is 9.59 Å². The minimum absolute atomic E-state index is 0.0778. The van der Waals surface area contributed by atoms with Crippen molar-refractivity contribution in [1.29, 1.82) is 0 Å². The fourth-order valence-electron chi connectivity index (χ4n) is 3.81. The van der Waals surface area contributed by atoms with Crippen molar-refractivity contribution >= 4 is 16.9 Å². The zero-order valence-electron chi connectivity index (χ0n) is 16.4. The Kier molecular flexibility index (Phi) is 6.57. The Morgan fingerprint density at radius 2 is 1.86 bits per heavy atom. The molecule has 0 radical (unpaired) electrons. The van der Waals surface area contributed by atoms with Crippen LogP contribution in [0.1, 0.15) is 49.4 Å². The van der Waals surface area contributed by atoms with Gasteiger partial charge in [-0.05, 0) is 31.7 Å². The highest BCUT2D eigenvalue weighted by Crippen LogP contribution is 2.35.